The third-order valence-electron chi connectivity index (χ3n) is 3.87. The van der Waals surface area contributed by atoms with Crippen LogP contribution in [0.2, 0.25) is 0 Å². The van der Waals surface area contributed by atoms with Gasteiger partial charge in [0.15, 0.2) is 5.13 Å². The van der Waals surface area contributed by atoms with Crippen LogP contribution in [0.25, 0.3) is 0 Å². The fourth-order valence-corrected chi connectivity index (χ4v) is 3.71. The second-order valence-electron chi connectivity index (χ2n) is 5.97. The molecule has 0 saturated carbocycles. The summed E-state index contributed by atoms with van der Waals surface area (Å²) < 4.78 is 6.72. The minimum absolute atomic E-state index is 0.0957. The van der Waals surface area contributed by atoms with Gasteiger partial charge in [-0.15, -0.1) is 0 Å². The number of carbonyl (C=O) groups is 2. The van der Waals surface area contributed by atoms with Crippen molar-refractivity contribution in [3.8, 4) is 0 Å². The van der Waals surface area contributed by atoms with Crippen molar-refractivity contribution in [3.05, 3.63) is 28.5 Å². The van der Waals surface area contributed by atoms with Crippen LogP contribution in [0.5, 0.6) is 0 Å². The van der Waals surface area contributed by atoms with Crippen LogP contribution in [-0.4, -0.2) is 44.8 Å². The highest BCUT2D eigenvalue weighted by atomic mass is 32.1. The summed E-state index contributed by atoms with van der Waals surface area (Å²) in [7, 11) is 0. The van der Waals surface area contributed by atoms with Crippen LogP contribution in [-0.2, 0) is 17.7 Å². The predicted octanol–water partition coefficient (Wildman–Crippen LogP) is 2.69. The van der Waals surface area contributed by atoms with Crippen molar-refractivity contribution in [1.82, 2.24) is 19.7 Å². The molecule has 1 aliphatic rings. The van der Waals surface area contributed by atoms with Gasteiger partial charge in [0.25, 0.3) is 5.91 Å². The van der Waals surface area contributed by atoms with Crippen molar-refractivity contribution in [3.63, 3.8) is 0 Å². The zero-order chi connectivity index (χ0) is 18.0. The number of fused-ring (bicyclic) bond motifs is 1. The lowest BCUT2D eigenvalue weighted by atomic mass is 10.2. The minimum atomic E-state index is -0.312. The topological polar surface area (TPSA) is 89.3 Å². The molecule has 2 aromatic rings. The van der Waals surface area contributed by atoms with Gasteiger partial charge in [-0.05, 0) is 26.8 Å². The van der Waals surface area contributed by atoms with E-state index in [9.17, 15) is 9.59 Å². The third kappa shape index (κ3) is 3.65. The molecule has 3 heterocycles. The Morgan fingerprint density at radius 2 is 2.24 bits per heavy atom. The largest absolute Gasteiger partial charge is 0.450 e. The summed E-state index contributed by atoms with van der Waals surface area (Å²) >= 11 is 1.39. The van der Waals surface area contributed by atoms with E-state index in [1.807, 2.05) is 13.8 Å². The van der Waals surface area contributed by atoms with E-state index in [-0.39, 0.29) is 18.0 Å². The molecule has 25 heavy (non-hydrogen) atoms. The molecule has 134 valence electrons. The van der Waals surface area contributed by atoms with Crippen molar-refractivity contribution in [2.75, 3.05) is 18.5 Å². The number of rotatable bonds is 4. The van der Waals surface area contributed by atoms with Gasteiger partial charge < -0.3 is 9.64 Å². The van der Waals surface area contributed by atoms with Crippen LogP contribution < -0.4 is 5.32 Å². The van der Waals surface area contributed by atoms with Gasteiger partial charge >= 0.3 is 6.09 Å². The van der Waals surface area contributed by atoms with E-state index in [4.69, 9.17) is 4.74 Å². The number of hydrogen-bond acceptors (Lipinski definition) is 6. The van der Waals surface area contributed by atoms with Gasteiger partial charge in [0.2, 0.25) is 0 Å². The maximum atomic E-state index is 12.5. The Morgan fingerprint density at radius 1 is 1.44 bits per heavy atom. The van der Waals surface area contributed by atoms with Crippen LogP contribution >= 0.6 is 11.3 Å². The van der Waals surface area contributed by atoms with E-state index in [0.29, 0.717) is 36.9 Å². The summed E-state index contributed by atoms with van der Waals surface area (Å²) in [6.07, 6.45) is 1.96. The highest BCUT2D eigenvalue weighted by molar-refractivity contribution is 7.15. The highest BCUT2D eigenvalue weighted by Crippen LogP contribution is 2.29. The van der Waals surface area contributed by atoms with Crippen LogP contribution in [0, 0.1) is 0 Å². The standard InChI is InChI=1S/C16H21N5O3S/c1-4-24-16(23)20-8-6-11-13(9-20)25-15(18-11)19-14(22)12-5-7-17-21(12)10(2)3/h5,7,10H,4,6,8-9H2,1-3H3,(H,18,19,22). The lowest BCUT2D eigenvalue weighted by Crippen LogP contribution is -2.35. The molecule has 2 aromatic heterocycles. The van der Waals surface area contributed by atoms with Crippen molar-refractivity contribution in [2.24, 2.45) is 0 Å². The van der Waals surface area contributed by atoms with Gasteiger partial charge in [0, 0.05) is 30.1 Å². The first-order valence-corrected chi connectivity index (χ1v) is 9.06. The molecule has 0 radical (unpaired) electrons. The molecule has 0 aromatic carbocycles. The van der Waals surface area contributed by atoms with Crippen molar-refractivity contribution in [1.29, 1.82) is 0 Å². The molecule has 8 nitrogen and oxygen atoms in total. The molecule has 1 N–H and O–H groups in total. The van der Waals surface area contributed by atoms with Crippen molar-refractivity contribution >= 4 is 28.5 Å². The van der Waals surface area contributed by atoms with E-state index >= 15 is 0 Å². The molecule has 0 saturated heterocycles. The molecule has 0 unspecified atom stereocenters. The van der Waals surface area contributed by atoms with Crippen molar-refractivity contribution < 1.29 is 14.3 Å². The SMILES string of the molecule is CCOC(=O)N1CCc2nc(NC(=O)c3ccnn3C(C)C)sc2C1. The van der Waals surface area contributed by atoms with Crippen LogP contribution in [0.15, 0.2) is 12.3 Å². The fraction of sp³-hybridized carbons (Fsp3) is 0.500. The molecule has 9 heteroatoms. The number of ether oxygens (including phenoxy) is 1. The van der Waals surface area contributed by atoms with Gasteiger partial charge in [0.05, 0.1) is 18.8 Å². The van der Waals surface area contributed by atoms with Gasteiger partial charge in [-0.3, -0.25) is 14.8 Å². The van der Waals surface area contributed by atoms with Crippen LogP contribution in [0.1, 0.15) is 47.9 Å². The first-order valence-electron chi connectivity index (χ1n) is 8.24. The average molecular weight is 363 g/mol. The maximum Gasteiger partial charge on any atom is 0.410 e. The Labute approximate surface area is 149 Å². The number of nitrogens with zero attached hydrogens (tertiary/aromatic N) is 4. The number of carbonyl (C=O) groups excluding carboxylic acids is 2. The Bertz CT molecular complexity index is 783. The zero-order valence-electron chi connectivity index (χ0n) is 14.5. The summed E-state index contributed by atoms with van der Waals surface area (Å²) in [6, 6.07) is 1.78. The first kappa shape index (κ1) is 17.4. The number of aromatic nitrogens is 3. The summed E-state index contributed by atoms with van der Waals surface area (Å²) in [5.41, 5.74) is 1.43. The molecule has 3 rings (SSSR count). The molecule has 0 fully saturated rings. The van der Waals surface area contributed by atoms with Gasteiger partial charge in [-0.1, -0.05) is 11.3 Å². The second kappa shape index (κ2) is 7.22. The molecular weight excluding hydrogens is 342 g/mol. The number of hydrogen-bond donors (Lipinski definition) is 1. The van der Waals surface area contributed by atoms with E-state index in [0.717, 1.165) is 10.6 Å². The normalized spacial score (nSPS) is 13.7. The lowest BCUT2D eigenvalue weighted by molar-refractivity contribution is 0.101. The Kier molecular flexibility index (Phi) is 5.03. The first-order chi connectivity index (χ1) is 12.0. The van der Waals surface area contributed by atoms with E-state index in [2.05, 4.69) is 15.4 Å². The fourth-order valence-electron chi connectivity index (χ4n) is 2.69. The quantitative estimate of drug-likeness (QED) is 0.902. The molecule has 0 atom stereocenters. The Morgan fingerprint density at radius 3 is 2.96 bits per heavy atom. The van der Waals surface area contributed by atoms with Crippen LogP contribution in [0.4, 0.5) is 9.93 Å². The van der Waals surface area contributed by atoms with Crippen LogP contribution in [0.3, 0.4) is 0 Å². The molecular formula is C16H21N5O3S. The highest BCUT2D eigenvalue weighted by Gasteiger charge is 2.25. The van der Waals surface area contributed by atoms with E-state index < -0.39 is 0 Å². The number of thiazole rings is 1. The second-order valence-corrected chi connectivity index (χ2v) is 7.05. The molecule has 0 spiro atoms. The molecule has 2 amide bonds. The summed E-state index contributed by atoms with van der Waals surface area (Å²) in [5, 5.41) is 7.55. The smallest absolute Gasteiger partial charge is 0.410 e. The van der Waals surface area contributed by atoms with Gasteiger partial charge in [0.1, 0.15) is 5.69 Å². The maximum absolute atomic E-state index is 12.5. The predicted molar refractivity (Wildman–Crippen MR) is 93.8 cm³/mol. The van der Waals surface area contributed by atoms with Gasteiger partial charge in [-0.25, -0.2) is 9.78 Å². The molecule has 0 aliphatic carbocycles. The third-order valence-corrected chi connectivity index (χ3v) is 4.87. The number of amides is 2. The lowest BCUT2D eigenvalue weighted by Gasteiger charge is -2.24. The minimum Gasteiger partial charge on any atom is -0.450 e. The van der Waals surface area contributed by atoms with E-state index in [1.54, 1.807) is 28.8 Å². The molecule has 1 aliphatic heterocycles. The number of anilines is 1. The van der Waals surface area contributed by atoms with E-state index in [1.165, 1.54) is 11.3 Å². The average Bonchev–Trinajstić information content (AvgIpc) is 3.20. The number of nitrogens with one attached hydrogen (secondary N) is 1. The Balaban J connectivity index is 1.71. The summed E-state index contributed by atoms with van der Waals surface area (Å²) in [4.78, 5) is 31.5. The Hall–Kier alpha value is -2.42. The summed E-state index contributed by atoms with van der Waals surface area (Å²) in [5.74, 6) is -0.237. The molecule has 0 bridgehead atoms. The monoisotopic (exact) mass is 363 g/mol. The van der Waals surface area contributed by atoms with Crippen molar-refractivity contribution in [2.45, 2.75) is 39.8 Å². The zero-order valence-corrected chi connectivity index (χ0v) is 15.3. The summed E-state index contributed by atoms with van der Waals surface area (Å²) in [6.45, 7) is 7.12. The van der Waals surface area contributed by atoms with Gasteiger partial charge in [-0.2, -0.15) is 5.10 Å².